The predicted molar refractivity (Wildman–Crippen MR) is 96.1 cm³/mol. The van der Waals surface area contributed by atoms with E-state index in [1.807, 2.05) is 23.6 Å². The van der Waals surface area contributed by atoms with Gasteiger partial charge in [-0.25, -0.2) is 0 Å². The minimum absolute atomic E-state index is 0.109. The molecule has 24 heavy (non-hydrogen) atoms. The molecule has 0 bridgehead atoms. The van der Waals surface area contributed by atoms with E-state index in [0.29, 0.717) is 27.8 Å². The van der Waals surface area contributed by atoms with E-state index < -0.39 is 0 Å². The summed E-state index contributed by atoms with van der Waals surface area (Å²) in [5.41, 5.74) is 6.86. The molecule has 0 saturated carbocycles. The quantitative estimate of drug-likeness (QED) is 0.706. The number of rotatable bonds is 5. The van der Waals surface area contributed by atoms with Crippen LogP contribution in [0.3, 0.4) is 0 Å². The van der Waals surface area contributed by atoms with Crippen molar-refractivity contribution in [2.24, 2.45) is 5.73 Å². The lowest BCUT2D eigenvalue weighted by atomic mass is 10.0. The lowest BCUT2D eigenvalue weighted by Crippen LogP contribution is -2.11. The van der Waals surface area contributed by atoms with Gasteiger partial charge >= 0.3 is 0 Å². The fourth-order valence-corrected chi connectivity index (χ4v) is 3.91. The van der Waals surface area contributed by atoms with Crippen LogP contribution in [0.25, 0.3) is 5.00 Å². The maximum atomic E-state index is 13.1. The first-order valence-corrected chi connectivity index (χ1v) is 8.79. The van der Waals surface area contributed by atoms with Crippen LogP contribution in [0.5, 0.6) is 0 Å². The molecule has 0 unspecified atom stereocenters. The summed E-state index contributed by atoms with van der Waals surface area (Å²) in [6.45, 7) is 4.16. The Hall–Kier alpha value is -2.02. The van der Waals surface area contributed by atoms with Gasteiger partial charge in [0.05, 0.1) is 17.1 Å². The molecule has 3 aromatic rings. The second-order valence-electron chi connectivity index (χ2n) is 5.30. The Balaban J connectivity index is 2.19. The van der Waals surface area contributed by atoms with E-state index in [1.165, 1.54) is 0 Å². The number of aromatic nitrogens is 3. The fourth-order valence-electron chi connectivity index (χ4n) is 2.53. The first kappa shape index (κ1) is 16.8. The fraction of sp³-hybridized carbons (Fsp3) is 0.235. The second kappa shape index (κ2) is 6.84. The summed E-state index contributed by atoms with van der Waals surface area (Å²) in [4.78, 5) is 14.2. The van der Waals surface area contributed by atoms with Crippen molar-refractivity contribution in [2.75, 3.05) is 0 Å². The predicted octanol–water partition coefficient (Wildman–Crippen LogP) is 3.54. The molecule has 0 amide bonds. The molecule has 2 N–H and O–H groups in total. The molecule has 7 heteroatoms. The largest absolute Gasteiger partial charge is 0.324 e. The standard InChI is InChI=1S/C17H17ClN4OS/c1-3-11-8-13(16(23)12-6-4-5-7-14(12)18)17(24-11)22-10(2)20-21-15(22)9-19/h4-8H,3,9,19H2,1-2H3. The van der Waals surface area contributed by atoms with Crippen molar-refractivity contribution < 1.29 is 4.79 Å². The number of nitrogens with two attached hydrogens (primary N) is 1. The number of halogens is 1. The molecule has 0 aliphatic heterocycles. The van der Waals surface area contributed by atoms with Gasteiger partial charge in [-0.2, -0.15) is 0 Å². The highest BCUT2D eigenvalue weighted by Gasteiger charge is 2.23. The number of ketones is 1. The topological polar surface area (TPSA) is 73.8 Å². The molecule has 0 saturated heterocycles. The minimum Gasteiger partial charge on any atom is -0.324 e. The van der Waals surface area contributed by atoms with E-state index in [2.05, 4.69) is 17.1 Å². The minimum atomic E-state index is -0.109. The number of thiophene rings is 1. The van der Waals surface area contributed by atoms with Gasteiger partial charge in [-0.3, -0.25) is 9.36 Å². The molecular formula is C17H17ClN4OS. The van der Waals surface area contributed by atoms with Gasteiger partial charge in [0.1, 0.15) is 10.8 Å². The second-order valence-corrected chi connectivity index (χ2v) is 6.82. The molecule has 0 radical (unpaired) electrons. The molecule has 2 aromatic heterocycles. The molecule has 0 aliphatic rings. The number of aryl methyl sites for hydroxylation is 2. The Morgan fingerprint density at radius 1 is 1.29 bits per heavy atom. The number of carbonyl (C=O) groups is 1. The Morgan fingerprint density at radius 2 is 2.04 bits per heavy atom. The molecule has 5 nitrogen and oxygen atoms in total. The number of carbonyl (C=O) groups excluding carboxylic acids is 1. The van der Waals surface area contributed by atoms with Crippen LogP contribution in [0.4, 0.5) is 0 Å². The molecular weight excluding hydrogens is 344 g/mol. The normalized spacial score (nSPS) is 11.0. The maximum absolute atomic E-state index is 13.1. The van der Waals surface area contributed by atoms with Crippen LogP contribution < -0.4 is 5.73 Å². The van der Waals surface area contributed by atoms with Crippen LogP contribution in [-0.2, 0) is 13.0 Å². The molecule has 0 aliphatic carbocycles. The zero-order valence-electron chi connectivity index (χ0n) is 13.4. The van der Waals surface area contributed by atoms with Gasteiger partial charge in [0.25, 0.3) is 0 Å². The number of nitrogens with zero attached hydrogens (tertiary/aromatic N) is 3. The Bertz CT molecular complexity index is 900. The van der Waals surface area contributed by atoms with Crippen molar-refractivity contribution in [2.45, 2.75) is 26.8 Å². The highest BCUT2D eigenvalue weighted by Crippen LogP contribution is 2.32. The Morgan fingerprint density at radius 3 is 2.71 bits per heavy atom. The summed E-state index contributed by atoms with van der Waals surface area (Å²) in [5.74, 6) is 1.22. The number of hydrogen-bond donors (Lipinski definition) is 1. The Labute approximate surface area is 149 Å². The SMILES string of the molecule is CCc1cc(C(=O)c2ccccc2Cl)c(-n2c(C)nnc2CN)s1. The van der Waals surface area contributed by atoms with Gasteiger partial charge in [-0.05, 0) is 31.5 Å². The van der Waals surface area contributed by atoms with Crippen molar-refractivity contribution in [3.63, 3.8) is 0 Å². The summed E-state index contributed by atoms with van der Waals surface area (Å²) in [6.07, 6.45) is 0.840. The number of hydrogen-bond acceptors (Lipinski definition) is 5. The van der Waals surface area contributed by atoms with E-state index in [0.717, 1.165) is 16.3 Å². The van der Waals surface area contributed by atoms with Crippen molar-refractivity contribution in [3.8, 4) is 5.00 Å². The average molecular weight is 361 g/mol. The van der Waals surface area contributed by atoms with Crippen LogP contribution in [0.2, 0.25) is 5.02 Å². The summed E-state index contributed by atoms with van der Waals surface area (Å²) in [5, 5.41) is 9.42. The third-order valence-corrected chi connectivity index (χ3v) is 5.35. The van der Waals surface area contributed by atoms with E-state index in [-0.39, 0.29) is 12.3 Å². The summed E-state index contributed by atoms with van der Waals surface area (Å²) in [7, 11) is 0. The van der Waals surface area contributed by atoms with Crippen LogP contribution in [0, 0.1) is 6.92 Å². The van der Waals surface area contributed by atoms with E-state index in [4.69, 9.17) is 17.3 Å². The first-order valence-electron chi connectivity index (χ1n) is 7.60. The van der Waals surface area contributed by atoms with Crippen LogP contribution in [0.1, 0.15) is 39.4 Å². The molecule has 0 fully saturated rings. The van der Waals surface area contributed by atoms with Gasteiger partial charge in [-0.1, -0.05) is 30.7 Å². The van der Waals surface area contributed by atoms with Gasteiger partial charge in [0, 0.05) is 10.4 Å². The summed E-state index contributed by atoms with van der Waals surface area (Å²) < 4.78 is 1.86. The van der Waals surface area contributed by atoms with E-state index in [1.54, 1.807) is 29.5 Å². The van der Waals surface area contributed by atoms with Crippen molar-refractivity contribution in [1.29, 1.82) is 0 Å². The zero-order chi connectivity index (χ0) is 17.3. The van der Waals surface area contributed by atoms with E-state index >= 15 is 0 Å². The monoisotopic (exact) mass is 360 g/mol. The van der Waals surface area contributed by atoms with Gasteiger partial charge in [-0.15, -0.1) is 21.5 Å². The maximum Gasteiger partial charge on any atom is 0.197 e. The molecule has 1 aromatic carbocycles. The van der Waals surface area contributed by atoms with Crippen molar-refractivity contribution in [3.05, 3.63) is 63.0 Å². The van der Waals surface area contributed by atoms with Gasteiger partial charge in [0.15, 0.2) is 11.6 Å². The molecule has 0 spiro atoms. The summed E-state index contributed by atoms with van der Waals surface area (Å²) in [6, 6.07) is 8.99. The lowest BCUT2D eigenvalue weighted by molar-refractivity contribution is 0.103. The average Bonchev–Trinajstić information content (AvgIpc) is 3.17. The van der Waals surface area contributed by atoms with Crippen molar-refractivity contribution >= 4 is 28.7 Å². The van der Waals surface area contributed by atoms with E-state index in [9.17, 15) is 4.79 Å². The highest BCUT2D eigenvalue weighted by molar-refractivity contribution is 7.15. The van der Waals surface area contributed by atoms with Crippen LogP contribution in [0.15, 0.2) is 30.3 Å². The van der Waals surface area contributed by atoms with Crippen LogP contribution >= 0.6 is 22.9 Å². The third-order valence-electron chi connectivity index (χ3n) is 3.75. The molecule has 124 valence electrons. The third kappa shape index (κ3) is 2.88. The smallest absolute Gasteiger partial charge is 0.197 e. The van der Waals surface area contributed by atoms with Gasteiger partial charge < -0.3 is 5.73 Å². The van der Waals surface area contributed by atoms with Crippen molar-refractivity contribution in [1.82, 2.24) is 14.8 Å². The van der Waals surface area contributed by atoms with Gasteiger partial charge in [0.2, 0.25) is 0 Å². The highest BCUT2D eigenvalue weighted by atomic mass is 35.5. The zero-order valence-corrected chi connectivity index (χ0v) is 15.0. The first-order chi connectivity index (χ1) is 11.6. The molecule has 2 heterocycles. The number of benzene rings is 1. The lowest BCUT2D eigenvalue weighted by Gasteiger charge is -2.09. The summed E-state index contributed by atoms with van der Waals surface area (Å²) >= 11 is 7.76. The molecule has 3 rings (SSSR count). The Kier molecular flexibility index (Phi) is 4.80. The molecule has 0 atom stereocenters. The van der Waals surface area contributed by atoms with Crippen LogP contribution in [-0.4, -0.2) is 20.5 Å².